The van der Waals surface area contributed by atoms with E-state index in [1.54, 1.807) is 11.3 Å². The summed E-state index contributed by atoms with van der Waals surface area (Å²) in [6, 6.07) is 3.30. The Hall–Kier alpha value is -0.0900. The monoisotopic (exact) mass is 257 g/mol. The van der Waals surface area contributed by atoms with E-state index in [9.17, 15) is 0 Å². The van der Waals surface area contributed by atoms with Gasteiger partial charge in [0.15, 0.2) is 0 Å². The summed E-state index contributed by atoms with van der Waals surface area (Å²) in [5, 5.41) is 3.76. The first kappa shape index (κ1) is 11.0. The van der Waals surface area contributed by atoms with Gasteiger partial charge in [-0.1, -0.05) is 11.6 Å². The van der Waals surface area contributed by atoms with Crippen molar-refractivity contribution in [3.05, 3.63) is 20.8 Å². The lowest BCUT2D eigenvalue weighted by atomic mass is 10.1. The molecule has 16 heavy (non-hydrogen) atoms. The summed E-state index contributed by atoms with van der Waals surface area (Å²) in [7, 11) is 0. The second-order valence-electron chi connectivity index (χ2n) is 4.57. The smallest absolute Gasteiger partial charge is 0.0934 e. The molecule has 1 aliphatic heterocycles. The van der Waals surface area contributed by atoms with E-state index in [1.165, 1.54) is 23.3 Å². The molecule has 1 N–H and O–H groups in total. The van der Waals surface area contributed by atoms with Crippen molar-refractivity contribution < 1.29 is 4.74 Å². The van der Waals surface area contributed by atoms with Gasteiger partial charge in [0, 0.05) is 30.2 Å². The molecule has 2 nitrogen and oxygen atoms in total. The Kier molecular flexibility index (Phi) is 3.20. The third kappa shape index (κ3) is 2.14. The van der Waals surface area contributed by atoms with Crippen LogP contribution in [0.5, 0.6) is 0 Å². The van der Waals surface area contributed by atoms with Crippen LogP contribution in [-0.4, -0.2) is 19.3 Å². The number of rotatable bonds is 2. The second kappa shape index (κ2) is 4.65. The highest BCUT2D eigenvalue weighted by Gasteiger charge is 2.27. The van der Waals surface area contributed by atoms with E-state index in [0.717, 1.165) is 30.4 Å². The molecule has 2 aliphatic rings. The Labute approximate surface area is 105 Å². The van der Waals surface area contributed by atoms with Gasteiger partial charge in [-0.3, -0.25) is 0 Å². The van der Waals surface area contributed by atoms with E-state index in [-0.39, 0.29) is 0 Å². The maximum Gasteiger partial charge on any atom is 0.0934 e. The highest BCUT2D eigenvalue weighted by molar-refractivity contribution is 7.16. The number of aryl methyl sites for hydroxylation is 1. The summed E-state index contributed by atoms with van der Waals surface area (Å²) in [5.41, 5.74) is 1.45. The Bertz CT molecular complexity index is 373. The Balaban J connectivity index is 1.67. The highest BCUT2D eigenvalue weighted by atomic mass is 35.5. The molecule has 1 aromatic rings. The Morgan fingerprint density at radius 2 is 2.12 bits per heavy atom. The first-order valence-electron chi connectivity index (χ1n) is 5.95. The molecule has 2 heterocycles. The van der Waals surface area contributed by atoms with E-state index in [4.69, 9.17) is 16.3 Å². The van der Waals surface area contributed by atoms with Gasteiger partial charge in [-0.25, -0.2) is 0 Å². The number of ether oxygens (including phenoxy) is 1. The zero-order valence-electron chi connectivity index (χ0n) is 9.17. The average molecular weight is 258 g/mol. The van der Waals surface area contributed by atoms with Crippen molar-refractivity contribution in [2.45, 2.75) is 37.8 Å². The van der Waals surface area contributed by atoms with Crippen LogP contribution in [0, 0.1) is 0 Å². The van der Waals surface area contributed by atoms with Crippen molar-refractivity contribution in [3.63, 3.8) is 0 Å². The fourth-order valence-corrected chi connectivity index (χ4v) is 4.01. The first-order valence-corrected chi connectivity index (χ1v) is 7.14. The van der Waals surface area contributed by atoms with Crippen LogP contribution in [0.2, 0.25) is 4.34 Å². The molecule has 0 aromatic carbocycles. The molecule has 0 spiro atoms. The average Bonchev–Trinajstić information content (AvgIpc) is 2.81. The molecule has 3 rings (SSSR count). The minimum absolute atomic E-state index is 0.529. The normalized spacial score (nSPS) is 25.9. The second-order valence-corrected chi connectivity index (χ2v) is 6.34. The minimum Gasteiger partial charge on any atom is -0.381 e. The number of hydrogen-bond acceptors (Lipinski definition) is 3. The van der Waals surface area contributed by atoms with Gasteiger partial charge in [0.2, 0.25) is 0 Å². The molecule has 0 bridgehead atoms. The fraction of sp³-hybridized carbons (Fsp3) is 0.667. The molecule has 1 unspecified atom stereocenters. The van der Waals surface area contributed by atoms with Crippen LogP contribution < -0.4 is 5.32 Å². The largest absolute Gasteiger partial charge is 0.381 e. The van der Waals surface area contributed by atoms with Crippen LogP contribution in [-0.2, 0) is 11.2 Å². The van der Waals surface area contributed by atoms with Crippen LogP contribution in [0.1, 0.15) is 35.7 Å². The van der Waals surface area contributed by atoms with Crippen molar-refractivity contribution in [2.24, 2.45) is 0 Å². The van der Waals surface area contributed by atoms with Crippen LogP contribution in [0.3, 0.4) is 0 Å². The van der Waals surface area contributed by atoms with Crippen LogP contribution in [0.15, 0.2) is 6.07 Å². The summed E-state index contributed by atoms with van der Waals surface area (Å²) in [4.78, 5) is 1.48. The summed E-state index contributed by atoms with van der Waals surface area (Å²) < 4.78 is 6.31. The lowest BCUT2D eigenvalue weighted by Crippen LogP contribution is -2.36. The number of thiophene rings is 1. The molecule has 88 valence electrons. The third-order valence-electron chi connectivity index (χ3n) is 3.51. The molecule has 1 aromatic heterocycles. The summed E-state index contributed by atoms with van der Waals surface area (Å²) >= 11 is 7.80. The van der Waals surface area contributed by atoms with Crippen LogP contribution >= 0.6 is 22.9 Å². The molecule has 1 saturated heterocycles. The molecular weight excluding hydrogens is 242 g/mol. The van der Waals surface area contributed by atoms with Gasteiger partial charge in [-0.05, 0) is 37.3 Å². The van der Waals surface area contributed by atoms with Gasteiger partial charge in [-0.15, -0.1) is 11.3 Å². The van der Waals surface area contributed by atoms with Gasteiger partial charge in [0.25, 0.3) is 0 Å². The van der Waals surface area contributed by atoms with Gasteiger partial charge in [-0.2, -0.15) is 0 Å². The lowest BCUT2D eigenvalue weighted by molar-refractivity contribution is 0.0749. The molecule has 0 amide bonds. The quantitative estimate of drug-likeness (QED) is 0.879. The van der Waals surface area contributed by atoms with E-state index >= 15 is 0 Å². The van der Waals surface area contributed by atoms with Gasteiger partial charge >= 0.3 is 0 Å². The number of nitrogens with one attached hydrogen (secondary N) is 1. The summed E-state index contributed by atoms with van der Waals surface area (Å²) in [6.45, 7) is 1.81. The topological polar surface area (TPSA) is 21.3 Å². The van der Waals surface area contributed by atoms with Crippen LogP contribution in [0.4, 0.5) is 0 Å². The van der Waals surface area contributed by atoms with Crippen molar-refractivity contribution in [3.8, 4) is 0 Å². The molecule has 1 aliphatic carbocycles. The first-order chi connectivity index (χ1) is 7.83. The maximum atomic E-state index is 6.06. The third-order valence-corrected chi connectivity index (χ3v) is 4.84. The molecular formula is C12H16ClNOS. The maximum absolute atomic E-state index is 6.06. The van der Waals surface area contributed by atoms with Crippen LogP contribution in [0.25, 0.3) is 0 Å². The molecule has 4 heteroatoms. The highest BCUT2D eigenvalue weighted by Crippen LogP contribution is 2.39. The number of halogens is 1. The van der Waals surface area contributed by atoms with Crippen molar-refractivity contribution in [1.82, 2.24) is 5.32 Å². The van der Waals surface area contributed by atoms with E-state index in [2.05, 4.69) is 11.4 Å². The van der Waals surface area contributed by atoms with Gasteiger partial charge in [0.05, 0.1) is 4.34 Å². The SMILES string of the molecule is Clc1cc2c(s1)CCC2NC1CCOCC1. The fourth-order valence-electron chi connectivity index (χ4n) is 2.65. The van der Waals surface area contributed by atoms with Gasteiger partial charge in [0.1, 0.15) is 0 Å². The Morgan fingerprint density at radius 1 is 1.31 bits per heavy atom. The van der Waals surface area contributed by atoms with Gasteiger partial charge < -0.3 is 10.1 Å². The summed E-state index contributed by atoms with van der Waals surface area (Å²) in [6.07, 6.45) is 4.71. The van der Waals surface area contributed by atoms with E-state index < -0.39 is 0 Å². The molecule has 0 radical (unpaired) electrons. The molecule has 0 saturated carbocycles. The predicted molar refractivity (Wildman–Crippen MR) is 67.4 cm³/mol. The summed E-state index contributed by atoms with van der Waals surface area (Å²) in [5.74, 6) is 0. The molecule has 1 fully saturated rings. The van der Waals surface area contributed by atoms with E-state index in [1.807, 2.05) is 0 Å². The van der Waals surface area contributed by atoms with E-state index in [0.29, 0.717) is 12.1 Å². The Morgan fingerprint density at radius 3 is 2.94 bits per heavy atom. The predicted octanol–water partition coefficient (Wildman–Crippen LogP) is 3.16. The zero-order chi connectivity index (χ0) is 11.0. The molecule has 1 atom stereocenters. The van der Waals surface area contributed by atoms with Crippen molar-refractivity contribution >= 4 is 22.9 Å². The number of fused-ring (bicyclic) bond motifs is 1. The standard InChI is InChI=1S/C12H16ClNOS/c13-12-7-9-10(1-2-11(9)16-12)14-8-3-5-15-6-4-8/h7-8,10,14H,1-6H2. The minimum atomic E-state index is 0.529. The van der Waals surface area contributed by atoms with Crippen molar-refractivity contribution in [2.75, 3.05) is 13.2 Å². The number of hydrogen-bond donors (Lipinski definition) is 1. The zero-order valence-corrected chi connectivity index (χ0v) is 10.7. The lowest BCUT2D eigenvalue weighted by Gasteiger charge is -2.26. The van der Waals surface area contributed by atoms with Crippen molar-refractivity contribution in [1.29, 1.82) is 0 Å².